The minimum Gasteiger partial charge on any atom is -0.337 e. The number of imidazole rings is 1. The molecule has 0 bridgehead atoms. The van der Waals surface area contributed by atoms with Crippen molar-refractivity contribution in [3.05, 3.63) is 65.5 Å². The van der Waals surface area contributed by atoms with Gasteiger partial charge in [-0.2, -0.15) is 0 Å². The second-order valence-corrected chi connectivity index (χ2v) is 10.2. The standard InChI is InChI=1S/C29H36N6O2/c1-21-9-7-11-25-27(21)35(29(31-25)32-28(37)23-13-14-30-22(2)19-23)24-10-3-4-18-34(20-24)26(36)12-8-17-33-15-5-6-16-33/h7-9,11-14,19,24H,3-6,10,15-18,20H2,1-2H3,(H,31,32,37). The van der Waals surface area contributed by atoms with Crippen LogP contribution in [0.4, 0.5) is 5.95 Å². The van der Waals surface area contributed by atoms with Gasteiger partial charge in [-0.3, -0.25) is 24.8 Å². The average molecular weight is 501 g/mol. The van der Waals surface area contributed by atoms with Crippen LogP contribution in [-0.4, -0.2) is 68.9 Å². The van der Waals surface area contributed by atoms with Gasteiger partial charge in [0.2, 0.25) is 11.9 Å². The smallest absolute Gasteiger partial charge is 0.258 e. The first-order chi connectivity index (χ1) is 18.0. The van der Waals surface area contributed by atoms with E-state index in [2.05, 4.69) is 32.8 Å². The van der Waals surface area contributed by atoms with E-state index in [0.717, 1.165) is 67.7 Å². The lowest BCUT2D eigenvalue weighted by Crippen LogP contribution is -2.35. The number of rotatable bonds is 6. The van der Waals surface area contributed by atoms with Crippen molar-refractivity contribution in [2.24, 2.45) is 0 Å². The van der Waals surface area contributed by atoms with E-state index in [1.807, 2.05) is 30.0 Å². The molecular weight excluding hydrogens is 464 g/mol. The molecule has 8 nitrogen and oxygen atoms in total. The van der Waals surface area contributed by atoms with E-state index in [1.165, 1.54) is 12.8 Å². The Morgan fingerprint density at radius 2 is 1.89 bits per heavy atom. The molecule has 0 aliphatic carbocycles. The Morgan fingerprint density at radius 1 is 1.08 bits per heavy atom. The molecule has 37 heavy (non-hydrogen) atoms. The fourth-order valence-corrected chi connectivity index (χ4v) is 5.53. The highest BCUT2D eigenvalue weighted by atomic mass is 16.2. The molecule has 8 heteroatoms. The third-order valence-corrected chi connectivity index (χ3v) is 7.44. The zero-order chi connectivity index (χ0) is 25.8. The summed E-state index contributed by atoms with van der Waals surface area (Å²) in [5.74, 6) is 0.365. The second kappa shape index (κ2) is 11.3. The van der Waals surface area contributed by atoms with Gasteiger partial charge in [0.05, 0.1) is 17.1 Å². The molecule has 1 N–H and O–H groups in total. The monoisotopic (exact) mass is 500 g/mol. The molecule has 2 saturated heterocycles. The number of para-hydroxylation sites is 1. The summed E-state index contributed by atoms with van der Waals surface area (Å²) in [7, 11) is 0. The Balaban J connectivity index is 1.41. The van der Waals surface area contributed by atoms with Gasteiger partial charge in [0.15, 0.2) is 0 Å². The number of carbonyl (C=O) groups excluding carboxylic acids is 2. The Hall–Kier alpha value is -3.52. The Bertz CT molecular complexity index is 1310. The highest BCUT2D eigenvalue weighted by Crippen LogP contribution is 2.32. The summed E-state index contributed by atoms with van der Waals surface area (Å²) < 4.78 is 2.15. The van der Waals surface area contributed by atoms with Crippen molar-refractivity contribution in [3.63, 3.8) is 0 Å². The lowest BCUT2D eigenvalue weighted by Gasteiger charge is -2.26. The van der Waals surface area contributed by atoms with Crippen LogP contribution >= 0.6 is 0 Å². The van der Waals surface area contributed by atoms with Crippen molar-refractivity contribution in [1.82, 2.24) is 24.3 Å². The zero-order valence-electron chi connectivity index (χ0n) is 21.8. The number of pyridine rings is 1. The molecule has 194 valence electrons. The molecule has 2 aliphatic rings. The average Bonchev–Trinajstić information content (AvgIpc) is 3.46. The van der Waals surface area contributed by atoms with E-state index in [4.69, 9.17) is 4.98 Å². The first kappa shape index (κ1) is 25.1. The lowest BCUT2D eigenvalue weighted by atomic mass is 10.1. The van der Waals surface area contributed by atoms with Gasteiger partial charge in [-0.1, -0.05) is 18.2 Å². The Kier molecular flexibility index (Phi) is 7.65. The van der Waals surface area contributed by atoms with Crippen LogP contribution < -0.4 is 5.32 Å². The van der Waals surface area contributed by atoms with Crippen molar-refractivity contribution in [1.29, 1.82) is 0 Å². The van der Waals surface area contributed by atoms with Gasteiger partial charge in [-0.25, -0.2) is 4.98 Å². The number of hydrogen-bond acceptors (Lipinski definition) is 5. The molecule has 2 amide bonds. The lowest BCUT2D eigenvalue weighted by molar-refractivity contribution is -0.126. The van der Waals surface area contributed by atoms with Gasteiger partial charge in [0.1, 0.15) is 0 Å². The molecule has 0 spiro atoms. The maximum atomic E-state index is 13.2. The van der Waals surface area contributed by atoms with Crippen molar-refractivity contribution < 1.29 is 9.59 Å². The summed E-state index contributed by atoms with van der Waals surface area (Å²) in [6.07, 6.45) is 10.8. The molecular formula is C29H36N6O2. The summed E-state index contributed by atoms with van der Waals surface area (Å²) in [5.41, 5.74) is 4.27. The molecule has 2 aromatic heterocycles. The van der Waals surface area contributed by atoms with Gasteiger partial charge >= 0.3 is 0 Å². The fraction of sp³-hybridized carbons (Fsp3) is 0.448. The fourth-order valence-electron chi connectivity index (χ4n) is 5.53. The Morgan fingerprint density at radius 3 is 2.70 bits per heavy atom. The quantitative estimate of drug-likeness (QED) is 0.504. The SMILES string of the molecule is Cc1cc(C(=O)Nc2nc3cccc(C)c3n2C2CCCCN(C(=O)C=CCN3CCCC3)C2)ccn1. The number of anilines is 1. The minimum absolute atomic E-state index is 0.0130. The largest absolute Gasteiger partial charge is 0.337 e. The van der Waals surface area contributed by atoms with Crippen LogP contribution in [0.25, 0.3) is 11.0 Å². The second-order valence-electron chi connectivity index (χ2n) is 10.2. The van der Waals surface area contributed by atoms with Gasteiger partial charge in [-0.15, -0.1) is 0 Å². The molecule has 1 unspecified atom stereocenters. The molecule has 0 saturated carbocycles. The number of amides is 2. The van der Waals surface area contributed by atoms with Crippen LogP contribution in [0.3, 0.4) is 0 Å². The number of benzene rings is 1. The number of nitrogens with zero attached hydrogens (tertiary/aromatic N) is 5. The predicted molar refractivity (Wildman–Crippen MR) is 146 cm³/mol. The maximum absolute atomic E-state index is 13.2. The van der Waals surface area contributed by atoms with Gasteiger partial charge in [0.25, 0.3) is 5.91 Å². The summed E-state index contributed by atoms with van der Waals surface area (Å²) in [6.45, 7) is 8.33. The molecule has 1 aromatic carbocycles. The first-order valence-corrected chi connectivity index (χ1v) is 13.4. The molecule has 2 fully saturated rings. The van der Waals surface area contributed by atoms with Crippen LogP contribution in [0.15, 0.2) is 48.7 Å². The van der Waals surface area contributed by atoms with Crippen molar-refractivity contribution in [3.8, 4) is 0 Å². The van der Waals surface area contributed by atoms with Gasteiger partial charge < -0.3 is 9.47 Å². The third-order valence-electron chi connectivity index (χ3n) is 7.44. The number of fused-ring (bicyclic) bond motifs is 1. The summed E-state index contributed by atoms with van der Waals surface area (Å²) in [5, 5.41) is 3.06. The van der Waals surface area contributed by atoms with E-state index >= 15 is 0 Å². The van der Waals surface area contributed by atoms with E-state index in [9.17, 15) is 9.59 Å². The molecule has 3 aromatic rings. The normalized spacial score (nSPS) is 19.0. The number of hydrogen-bond donors (Lipinski definition) is 1. The van der Waals surface area contributed by atoms with Gasteiger partial charge in [-0.05, 0) is 82.8 Å². The van der Waals surface area contributed by atoms with Crippen LogP contribution in [0.5, 0.6) is 0 Å². The number of likely N-dealkylation sites (tertiary alicyclic amines) is 2. The van der Waals surface area contributed by atoms with Crippen molar-refractivity contribution in [2.75, 3.05) is 38.0 Å². The first-order valence-electron chi connectivity index (χ1n) is 13.4. The van der Waals surface area contributed by atoms with E-state index in [0.29, 0.717) is 18.1 Å². The maximum Gasteiger partial charge on any atom is 0.258 e. The molecule has 5 rings (SSSR count). The van der Waals surface area contributed by atoms with Crippen LogP contribution in [0.2, 0.25) is 0 Å². The van der Waals surface area contributed by atoms with Crippen LogP contribution in [0.1, 0.15) is 59.8 Å². The van der Waals surface area contributed by atoms with Crippen LogP contribution in [-0.2, 0) is 4.79 Å². The topological polar surface area (TPSA) is 83.4 Å². The highest BCUT2D eigenvalue weighted by molar-refractivity contribution is 6.04. The number of aryl methyl sites for hydroxylation is 2. The van der Waals surface area contributed by atoms with Crippen molar-refractivity contribution in [2.45, 2.75) is 52.0 Å². The number of aromatic nitrogens is 3. The molecule has 0 radical (unpaired) electrons. The minimum atomic E-state index is -0.217. The zero-order valence-corrected chi connectivity index (χ0v) is 21.8. The molecule has 2 aliphatic heterocycles. The highest BCUT2D eigenvalue weighted by Gasteiger charge is 2.27. The van der Waals surface area contributed by atoms with Crippen LogP contribution in [0, 0.1) is 13.8 Å². The summed E-state index contributed by atoms with van der Waals surface area (Å²) in [4.78, 5) is 39.7. The third kappa shape index (κ3) is 5.74. The van der Waals surface area contributed by atoms with Gasteiger partial charge in [0, 0.05) is 43.2 Å². The van der Waals surface area contributed by atoms with Crippen molar-refractivity contribution >= 4 is 28.8 Å². The van der Waals surface area contributed by atoms with E-state index in [1.54, 1.807) is 24.4 Å². The summed E-state index contributed by atoms with van der Waals surface area (Å²) in [6, 6.07) is 9.53. The van der Waals surface area contributed by atoms with E-state index in [-0.39, 0.29) is 17.9 Å². The summed E-state index contributed by atoms with van der Waals surface area (Å²) >= 11 is 0. The molecule has 1 atom stereocenters. The molecule has 4 heterocycles. The number of carbonyl (C=O) groups is 2. The predicted octanol–water partition coefficient (Wildman–Crippen LogP) is 4.51. The Labute approximate surface area is 218 Å². The van der Waals surface area contributed by atoms with E-state index < -0.39 is 0 Å². The number of nitrogens with one attached hydrogen (secondary N) is 1.